The van der Waals surface area contributed by atoms with Crippen LogP contribution in [0, 0.1) is 6.92 Å². The lowest BCUT2D eigenvalue weighted by molar-refractivity contribution is 0.0505. The third-order valence-corrected chi connectivity index (χ3v) is 2.67. The molecule has 0 aliphatic rings. The van der Waals surface area contributed by atoms with Crippen LogP contribution >= 0.6 is 0 Å². The van der Waals surface area contributed by atoms with E-state index in [1.54, 1.807) is 37.3 Å². The number of ether oxygens (including phenoxy) is 1. The van der Waals surface area contributed by atoms with Crippen molar-refractivity contribution >= 4 is 17.6 Å². The number of esters is 1. The Balaban J connectivity index is 1.99. The largest absolute Gasteiger partial charge is 0.462 e. The van der Waals surface area contributed by atoms with Crippen LogP contribution in [0.4, 0.5) is 5.69 Å². The summed E-state index contributed by atoms with van der Waals surface area (Å²) in [6, 6.07) is 8.00. The van der Waals surface area contributed by atoms with Crippen molar-refractivity contribution in [3.8, 4) is 0 Å². The number of anilines is 1. The number of hydrogen-bond acceptors (Lipinski definition) is 5. The Bertz CT molecular complexity index is 631. The van der Waals surface area contributed by atoms with Gasteiger partial charge in [0, 0.05) is 11.8 Å². The lowest BCUT2D eigenvalue weighted by Crippen LogP contribution is -2.11. The zero-order valence-electron chi connectivity index (χ0n) is 11.9. The van der Waals surface area contributed by atoms with Gasteiger partial charge in [0.15, 0.2) is 0 Å². The highest BCUT2D eigenvalue weighted by Gasteiger charge is 2.12. The summed E-state index contributed by atoms with van der Waals surface area (Å²) in [6.45, 7) is 4.05. The Morgan fingerprint density at radius 1 is 1.29 bits per heavy atom. The van der Waals surface area contributed by atoms with E-state index in [0.717, 1.165) is 6.42 Å². The third-order valence-electron chi connectivity index (χ3n) is 2.67. The van der Waals surface area contributed by atoms with Crippen molar-refractivity contribution in [3.63, 3.8) is 0 Å². The predicted molar refractivity (Wildman–Crippen MR) is 76.2 cm³/mol. The fourth-order valence-electron chi connectivity index (χ4n) is 1.63. The Morgan fingerprint density at radius 2 is 2.00 bits per heavy atom. The minimum absolute atomic E-state index is 0.138. The van der Waals surface area contributed by atoms with Gasteiger partial charge < -0.3 is 14.6 Å². The second-order valence-electron chi connectivity index (χ2n) is 4.50. The van der Waals surface area contributed by atoms with Gasteiger partial charge in [-0.1, -0.05) is 12.1 Å². The van der Waals surface area contributed by atoms with Gasteiger partial charge in [0.25, 0.3) is 5.91 Å². The van der Waals surface area contributed by atoms with E-state index in [9.17, 15) is 9.59 Å². The molecule has 0 saturated heterocycles. The van der Waals surface area contributed by atoms with Gasteiger partial charge in [0.1, 0.15) is 0 Å². The van der Waals surface area contributed by atoms with E-state index < -0.39 is 5.91 Å². The number of amides is 1. The number of nitrogens with zero attached hydrogens (tertiary/aromatic N) is 1. The molecular formula is C15H16N2O4. The van der Waals surface area contributed by atoms with Gasteiger partial charge >= 0.3 is 5.97 Å². The summed E-state index contributed by atoms with van der Waals surface area (Å²) in [4.78, 5) is 23.5. The van der Waals surface area contributed by atoms with Gasteiger partial charge in [-0.05, 0) is 37.6 Å². The summed E-state index contributed by atoms with van der Waals surface area (Å²) in [5.41, 5.74) is 1.63. The van der Waals surface area contributed by atoms with Crippen molar-refractivity contribution in [1.29, 1.82) is 0 Å². The molecule has 1 amide bonds. The zero-order chi connectivity index (χ0) is 15.2. The Kier molecular flexibility index (Phi) is 4.71. The molecule has 0 fully saturated rings. The molecule has 0 bridgehead atoms. The molecule has 0 saturated carbocycles. The van der Waals surface area contributed by atoms with Crippen molar-refractivity contribution in [1.82, 2.24) is 5.16 Å². The topological polar surface area (TPSA) is 81.4 Å². The fraction of sp³-hybridized carbons (Fsp3) is 0.267. The minimum Gasteiger partial charge on any atom is -0.462 e. The maximum atomic E-state index is 11.9. The molecule has 2 aromatic rings. The molecule has 0 unspecified atom stereocenters. The van der Waals surface area contributed by atoms with E-state index >= 15 is 0 Å². The Morgan fingerprint density at radius 3 is 2.57 bits per heavy atom. The van der Waals surface area contributed by atoms with Gasteiger partial charge in [-0.25, -0.2) is 4.79 Å². The summed E-state index contributed by atoms with van der Waals surface area (Å²) in [5, 5.41) is 6.30. The Hall–Kier alpha value is -2.63. The van der Waals surface area contributed by atoms with Crippen molar-refractivity contribution in [3.05, 3.63) is 47.3 Å². The van der Waals surface area contributed by atoms with Crippen LogP contribution in [0.15, 0.2) is 34.9 Å². The normalized spacial score (nSPS) is 10.2. The average Bonchev–Trinajstić information content (AvgIpc) is 2.92. The minimum atomic E-state index is -0.392. The van der Waals surface area contributed by atoms with Crippen LogP contribution in [0.25, 0.3) is 0 Å². The van der Waals surface area contributed by atoms with Crippen molar-refractivity contribution in [2.75, 3.05) is 11.9 Å². The standard InChI is InChI=1S/C15H16N2O4/c1-3-8-20-15(19)11-4-6-12(7-5-11)16-14(18)13-9-10(2)17-21-13/h4-7,9H,3,8H2,1-2H3,(H,16,18). The maximum absolute atomic E-state index is 11.9. The molecule has 0 atom stereocenters. The highest BCUT2D eigenvalue weighted by Crippen LogP contribution is 2.13. The number of nitrogens with one attached hydrogen (secondary N) is 1. The molecule has 21 heavy (non-hydrogen) atoms. The molecule has 0 radical (unpaired) electrons. The van der Waals surface area contributed by atoms with E-state index in [-0.39, 0.29) is 11.7 Å². The summed E-state index contributed by atoms with van der Waals surface area (Å²) in [6.07, 6.45) is 0.774. The molecular weight excluding hydrogens is 272 g/mol. The van der Waals surface area contributed by atoms with Gasteiger partial charge in [-0.3, -0.25) is 4.79 Å². The van der Waals surface area contributed by atoms with Crippen LogP contribution in [0.5, 0.6) is 0 Å². The van der Waals surface area contributed by atoms with Crippen molar-refractivity contribution in [2.24, 2.45) is 0 Å². The van der Waals surface area contributed by atoms with Crippen LogP contribution in [-0.2, 0) is 4.74 Å². The van der Waals surface area contributed by atoms with E-state index in [1.807, 2.05) is 6.92 Å². The third kappa shape index (κ3) is 3.92. The SMILES string of the molecule is CCCOC(=O)c1ccc(NC(=O)c2cc(C)no2)cc1. The highest BCUT2D eigenvalue weighted by molar-refractivity contribution is 6.02. The summed E-state index contributed by atoms with van der Waals surface area (Å²) in [7, 11) is 0. The van der Waals surface area contributed by atoms with Crippen LogP contribution in [0.3, 0.4) is 0 Å². The number of aromatic nitrogens is 1. The quantitative estimate of drug-likeness (QED) is 0.855. The van der Waals surface area contributed by atoms with Crippen LogP contribution in [0.1, 0.15) is 40.0 Å². The number of rotatable bonds is 5. The fourth-order valence-corrected chi connectivity index (χ4v) is 1.63. The van der Waals surface area contributed by atoms with E-state index in [2.05, 4.69) is 10.5 Å². The first-order chi connectivity index (χ1) is 10.1. The van der Waals surface area contributed by atoms with Crippen LogP contribution in [0.2, 0.25) is 0 Å². The first-order valence-electron chi connectivity index (χ1n) is 6.62. The first kappa shape index (κ1) is 14.8. The summed E-state index contributed by atoms with van der Waals surface area (Å²) in [5.74, 6) is -0.628. The molecule has 1 N–H and O–H groups in total. The van der Waals surface area contributed by atoms with Crippen LogP contribution < -0.4 is 5.32 Å². The van der Waals surface area contributed by atoms with E-state index in [0.29, 0.717) is 23.6 Å². The number of aryl methyl sites for hydroxylation is 1. The second kappa shape index (κ2) is 6.69. The van der Waals surface area contributed by atoms with E-state index in [1.165, 1.54) is 0 Å². The molecule has 6 heteroatoms. The number of hydrogen-bond donors (Lipinski definition) is 1. The van der Waals surface area contributed by atoms with Gasteiger partial charge in [0.05, 0.1) is 17.9 Å². The monoisotopic (exact) mass is 288 g/mol. The summed E-state index contributed by atoms with van der Waals surface area (Å²) < 4.78 is 9.89. The van der Waals surface area contributed by atoms with Crippen LogP contribution in [-0.4, -0.2) is 23.6 Å². The summed E-state index contributed by atoms with van der Waals surface area (Å²) >= 11 is 0. The number of benzene rings is 1. The highest BCUT2D eigenvalue weighted by atomic mass is 16.5. The predicted octanol–water partition coefficient (Wildman–Crippen LogP) is 2.80. The molecule has 6 nitrogen and oxygen atoms in total. The molecule has 0 aliphatic carbocycles. The molecule has 0 aliphatic heterocycles. The molecule has 110 valence electrons. The maximum Gasteiger partial charge on any atom is 0.338 e. The average molecular weight is 288 g/mol. The first-order valence-corrected chi connectivity index (χ1v) is 6.62. The number of carbonyl (C=O) groups is 2. The second-order valence-corrected chi connectivity index (χ2v) is 4.50. The molecule has 1 aromatic carbocycles. The van der Waals surface area contributed by atoms with Gasteiger partial charge in [-0.15, -0.1) is 0 Å². The molecule has 1 heterocycles. The molecule has 2 rings (SSSR count). The Labute approximate surface area is 122 Å². The lowest BCUT2D eigenvalue weighted by Gasteiger charge is -2.05. The van der Waals surface area contributed by atoms with E-state index in [4.69, 9.17) is 9.26 Å². The lowest BCUT2D eigenvalue weighted by atomic mass is 10.2. The molecule has 0 spiro atoms. The smallest absolute Gasteiger partial charge is 0.338 e. The molecule has 1 aromatic heterocycles. The van der Waals surface area contributed by atoms with Gasteiger partial charge in [-0.2, -0.15) is 0 Å². The zero-order valence-corrected chi connectivity index (χ0v) is 11.9. The van der Waals surface area contributed by atoms with Gasteiger partial charge in [0.2, 0.25) is 5.76 Å². The van der Waals surface area contributed by atoms with Crippen molar-refractivity contribution in [2.45, 2.75) is 20.3 Å². The van der Waals surface area contributed by atoms with Crippen molar-refractivity contribution < 1.29 is 18.8 Å². The number of carbonyl (C=O) groups excluding carboxylic acids is 2.